The fourth-order valence-corrected chi connectivity index (χ4v) is 6.50. The molecular weight excluding hydrogens is 347 g/mol. The molecule has 2 saturated carbocycles. The first-order valence-electron chi connectivity index (χ1n) is 11.1. The summed E-state index contributed by atoms with van der Waals surface area (Å²) in [7, 11) is -0.282. The average Bonchev–Trinajstić information content (AvgIpc) is 3.06. The molecular formula is C24H33BO3. The highest BCUT2D eigenvalue weighted by molar-refractivity contribution is 6.62. The van der Waals surface area contributed by atoms with Crippen LogP contribution in [0.5, 0.6) is 0 Å². The van der Waals surface area contributed by atoms with Crippen LogP contribution in [0, 0.1) is 17.3 Å². The van der Waals surface area contributed by atoms with Crippen molar-refractivity contribution in [1.82, 2.24) is 0 Å². The van der Waals surface area contributed by atoms with Gasteiger partial charge in [0.25, 0.3) is 0 Å². The summed E-state index contributed by atoms with van der Waals surface area (Å²) in [6.07, 6.45) is 6.47. The second-order valence-corrected chi connectivity index (χ2v) is 10.9. The molecule has 0 radical (unpaired) electrons. The van der Waals surface area contributed by atoms with Crippen molar-refractivity contribution in [2.75, 3.05) is 0 Å². The summed E-state index contributed by atoms with van der Waals surface area (Å²) in [5.74, 6) is 2.42. The van der Waals surface area contributed by atoms with Crippen LogP contribution in [0.25, 0.3) is 0 Å². The zero-order chi connectivity index (χ0) is 19.9. The van der Waals surface area contributed by atoms with Crippen molar-refractivity contribution in [2.24, 2.45) is 17.3 Å². The SMILES string of the molecule is CC12CCC3c4ccc(B5OC(C)(C)C(C)(C)O5)cc4CCC3C1CCC2=O. The highest BCUT2D eigenvalue weighted by atomic mass is 16.7. The Labute approximate surface area is 169 Å². The van der Waals surface area contributed by atoms with Gasteiger partial charge in [-0.1, -0.05) is 25.1 Å². The predicted octanol–water partition coefficient (Wildman–Crippen LogP) is 4.41. The lowest BCUT2D eigenvalue weighted by Gasteiger charge is -2.48. The summed E-state index contributed by atoms with van der Waals surface area (Å²) >= 11 is 0. The summed E-state index contributed by atoms with van der Waals surface area (Å²) < 4.78 is 12.5. The summed E-state index contributed by atoms with van der Waals surface area (Å²) in [5.41, 5.74) is 3.50. The maximum atomic E-state index is 12.5. The molecule has 1 aromatic rings. The van der Waals surface area contributed by atoms with Crippen molar-refractivity contribution >= 4 is 18.4 Å². The molecule has 0 amide bonds. The van der Waals surface area contributed by atoms with Crippen molar-refractivity contribution in [3.05, 3.63) is 29.3 Å². The molecule has 3 fully saturated rings. The molecule has 0 N–H and O–H groups in total. The molecule has 28 heavy (non-hydrogen) atoms. The first kappa shape index (κ1) is 18.9. The lowest BCUT2D eigenvalue weighted by Crippen LogP contribution is -2.43. The molecule has 150 valence electrons. The number of benzene rings is 1. The van der Waals surface area contributed by atoms with E-state index in [1.807, 2.05) is 0 Å². The Morgan fingerprint density at radius 3 is 2.39 bits per heavy atom. The summed E-state index contributed by atoms with van der Waals surface area (Å²) in [6, 6.07) is 6.89. The topological polar surface area (TPSA) is 35.5 Å². The number of hydrogen-bond acceptors (Lipinski definition) is 3. The number of carbonyl (C=O) groups is 1. The van der Waals surface area contributed by atoms with E-state index >= 15 is 0 Å². The van der Waals surface area contributed by atoms with Crippen LogP contribution in [0.2, 0.25) is 0 Å². The summed E-state index contributed by atoms with van der Waals surface area (Å²) in [6.45, 7) is 10.7. The van der Waals surface area contributed by atoms with E-state index in [4.69, 9.17) is 9.31 Å². The first-order valence-corrected chi connectivity index (χ1v) is 11.1. The third kappa shape index (κ3) is 2.53. The van der Waals surface area contributed by atoms with Gasteiger partial charge in [0.2, 0.25) is 0 Å². The fraction of sp³-hybridized carbons (Fsp3) is 0.708. The van der Waals surface area contributed by atoms with Crippen molar-refractivity contribution < 1.29 is 14.1 Å². The van der Waals surface area contributed by atoms with Crippen molar-refractivity contribution in [1.29, 1.82) is 0 Å². The van der Waals surface area contributed by atoms with E-state index in [2.05, 4.69) is 52.8 Å². The highest BCUT2D eigenvalue weighted by Gasteiger charge is 2.55. The van der Waals surface area contributed by atoms with Gasteiger partial charge in [0.1, 0.15) is 5.78 Å². The van der Waals surface area contributed by atoms with Crippen LogP contribution in [0.15, 0.2) is 18.2 Å². The molecule has 1 saturated heterocycles. The second-order valence-electron chi connectivity index (χ2n) is 10.9. The number of Topliss-reactive ketones (excluding diaryl/α,β-unsaturated/α-hetero) is 1. The monoisotopic (exact) mass is 380 g/mol. The van der Waals surface area contributed by atoms with Gasteiger partial charge in [-0.3, -0.25) is 4.79 Å². The molecule has 0 spiro atoms. The molecule has 5 rings (SSSR count). The minimum atomic E-state index is -0.304. The minimum Gasteiger partial charge on any atom is -0.399 e. The first-order chi connectivity index (χ1) is 13.1. The largest absolute Gasteiger partial charge is 0.494 e. The Hall–Kier alpha value is -1.13. The van der Waals surface area contributed by atoms with Gasteiger partial charge in [0, 0.05) is 11.8 Å². The van der Waals surface area contributed by atoms with Gasteiger partial charge in [-0.25, -0.2) is 0 Å². The van der Waals surface area contributed by atoms with E-state index in [9.17, 15) is 4.79 Å². The van der Waals surface area contributed by atoms with Crippen LogP contribution in [-0.2, 0) is 20.5 Å². The molecule has 4 unspecified atom stereocenters. The van der Waals surface area contributed by atoms with Crippen molar-refractivity contribution in [3.63, 3.8) is 0 Å². The number of carbonyl (C=O) groups excluding carboxylic acids is 1. The van der Waals surface area contributed by atoms with Gasteiger partial charge in [-0.15, -0.1) is 0 Å². The van der Waals surface area contributed by atoms with E-state index < -0.39 is 0 Å². The maximum absolute atomic E-state index is 12.5. The van der Waals surface area contributed by atoms with Crippen LogP contribution in [0.1, 0.15) is 83.8 Å². The molecule has 0 aromatic heterocycles. The summed E-state index contributed by atoms with van der Waals surface area (Å²) in [4.78, 5) is 12.5. The van der Waals surface area contributed by atoms with Gasteiger partial charge < -0.3 is 9.31 Å². The molecule has 4 atom stereocenters. The van der Waals surface area contributed by atoms with Crippen molar-refractivity contribution in [3.8, 4) is 0 Å². The molecule has 0 bridgehead atoms. The predicted molar refractivity (Wildman–Crippen MR) is 112 cm³/mol. The maximum Gasteiger partial charge on any atom is 0.494 e. The minimum absolute atomic E-state index is 0.0404. The Balaban J connectivity index is 1.42. The second kappa shape index (κ2) is 5.95. The molecule has 1 aliphatic heterocycles. The number of rotatable bonds is 1. The molecule has 1 aromatic carbocycles. The molecule has 3 aliphatic carbocycles. The third-order valence-electron chi connectivity index (χ3n) is 8.99. The Bertz CT molecular complexity index is 813. The van der Waals surface area contributed by atoms with E-state index in [-0.39, 0.29) is 23.7 Å². The van der Waals surface area contributed by atoms with Crippen LogP contribution in [-0.4, -0.2) is 24.1 Å². The Morgan fingerprint density at radius 1 is 0.964 bits per heavy atom. The average molecular weight is 380 g/mol. The van der Waals surface area contributed by atoms with E-state index in [0.29, 0.717) is 23.5 Å². The van der Waals surface area contributed by atoms with Crippen LogP contribution in [0.4, 0.5) is 0 Å². The number of fused-ring (bicyclic) bond motifs is 5. The molecule has 4 heteroatoms. The number of ketones is 1. The van der Waals surface area contributed by atoms with Gasteiger partial charge in [0.05, 0.1) is 11.2 Å². The zero-order valence-corrected chi connectivity index (χ0v) is 18.0. The Kier molecular flexibility index (Phi) is 4.01. The quantitative estimate of drug-likeness (QED) is 0.677. The van der Waals surface area contributed by atoms with Crippen LogP contribution >= 0.6 is 0 Å². The number of aryl methyl sites for hydroxylation is 1. The lowest BCUT2D eigenvalue weighted by molar-refractivity contribution is -0.129. The lowest BCUT2D eigenvalue weighted by atomic mass is 9.55. The molecule has 1 heterocycles. The van der Waals surface area contributed by atoms with Crippen LogP contribution < -0.4 is 5.46 Å². The fourth-order valence-electron chi connectivity index (χ4n) is 6.50. The van der Waals surface area contributed by atoms with Gasteiger partial charge in [-0.05, 0) is 94.1 Å². The third-order valence-corrected chi connectivity index (χ3v) is 8.99. The zero-order valence-electron chi connectivity index (χ0n) is 18.0. The summed E-state index contributed by atoms with van der Waals surface area (Å²) in [5, 5.41) is 0. The van der Waals surface area contributed by atoms with Gasteiger partial charge >= 0.3 is 7.12 Å². The molecule has 4 aliphatic rings. The van der Waals surface area contributed by atoms with Crippen LogP contribution in [0.3, 0.4) is 0 Å². The van der Waals surface area contributed by atoms with Gasteiger partial charge in [0.15, 0.2) is 0 Å². The van der Waals surface area contributed by atoms with Gasteiger partial charge in [-0.2, -0.15) is 0 Å². The smallest absolute Gasteiger partial charge is 0.399 e. The Morgan fingerprint density at radius 2 is 1.68 bits per heavy atom. The number of hydrogen-bond donors (Lipinski definition) is 0. The van der Waals surface area contributed by atoms with E-state index in [1.165, 1.54) is 17.5 Å². The highest BCUT2D eigenvalue weighted by Crippen LogP contribution is 2.59. The van der Waals surface area contributed by atoms with E-state index in [0.717, 1.165) is 37.6 Å². The van der Waals surface area contributed by atoms with Crippen molar-refractivity contribution in [2.45, 2.75) is 90.3 Å². The molecule has 3 nitrogen and oxygen atoms in total. The normalized spacial score (nSPS) is 38.1. The van der Waals surface area contributed by atoms with E-state index in [1.54, 1.807) is 0 Å². The standard InChI is InChI=1S/C24H33BO3/c1-22(2)23(3,4)28-25(27-22)16-7-9-17-15(14-16)6-8-19-18(17)12-13-24(5)20(19)10-11-21(24)26/h7,9,14,18-20H,6,8,10-13H2,1-5H3.